The van der Waals surface area contributed by atoms with E-state index in [2.05, 4.69) is 39.9 Å². The Morgan fingerprint density at radius 3 is 2.21 bits per heavy atom. The normalized spacial score (nSPS) is 47.6. The lowest BCUT2D eigenvalue weighted by atomic mass is 9.80. The summed E-state index contributed by atoms with van der Waals surface area (Å²) < 4.78 is 38.3. The van der Waals surface area contributed by atoms with Gasteiger partial charge in [0.2, 0.25) is 0 Å². The third-order valence-corrected chi connectivity index (χ3v) is 11.2. The highest BCUT2D eigenvalue weighted by Crippen LogP contribution is 2.38. The van der Waals surface area contributed by atoms with E-state index in [-0.39, 0.29) is 42.0 Å². The van der Waals surface area contributed by atoms with E-state index in [4.69, 9.17) is 28.4 Å². The molecule has 3 heterocycles. The van der Waals surface area contributed by atoms with Crippen molar-refractivity contribution in [3.8, 4) is 0 Å². The molecule has 0 radical (unpaired) electrons. The minimum Gasteiger partial charge on any atom is -0.459 e. The molecule has 0 spiro atoms. The van der Waals surface area contributed by atoms with Crippen molar-refractivity contribution in [2.24, 2.45) is 23.7 Å². The first-order chi connectivity index (χ1) is 22.3. The van der Waals surface area contributed by atoms with Crippen LogP contribution in [0.25, 0.3) is 0 Å². The topological polar surface area (TPSA) is 128 Å². The van der Waals surface area contributed by atoms with Gasteiger partial charge in [-0.25, -0.2) is 0 Å². The van der Waals surface area contributed by atoms with Gasteiger partial charge >= 0.3 is 5.97 Å². The first kappa shape index (κ1) is 41.5. The largest absolute Gasteiger partial charge is 0.459 e. The van der Waals surface area contributed by atoms with Gasteiger partial charge in [0.1, 0.15) is 17.8 Å². The van der Waals surface area contributed by atoms with Crippen LogP contribution in [0.15, 0.2) is 0 Å². The van der Waals surface area contributed by atoms with Gasteiger partial charge in [-0.15, -0.1) is 0 Å². The van der Waals surface area contributed by atoms with Gasteiger partial charge in [0.15, 0.2) is 12.6 Å². The zero-order valence-electron chi connectivity index (χ0n) is 32.2. The SMILES string of the molecule is CC[C@H]1OC(=O)[C@H](C)[C@@H](O[C@H]2C[C@@](C)(OC)C[C@H](C)O2)[C@H](C)[C@@H](O[C@@H]2O[C@H](C)C[C@H](N(C)C)[C@H]2O)[C@@H](C)C[C@H](C)CN[C@@H](C)C[C@]1(C)O. The summed E-state index contributed by atoms with van der Waals surface area (Å²) in [6, 6.07) is -0.120. The van der Waals surface area contributed by atoms with Crippen molar-refractivity contribution in [1.29, 1.82) is 0 Å². The second-order valence-electron chi connectivity index (χ2n) is 16.4. The maximum atomic E-state index is 14.1. The number of methoxy groups -OCH3 is 1. The standard InChI is InChI=1S/C37H70N2O9/c1-14-29-37(10,42)17-23(4)38-20-21(2)15-22(3)32(48-35-31(40)28(39(11)12)16-24(5)45-35)26(7)33(27(8)34(41)46-29)47-30-19-36(9,43-13)18-25(6)44-30/h21-33,35,38,40,42H,14-20H2,1-13H3/t21-,22-,23-,24+,25-,26+,27+,28-,29+,30-,31+,32-,33-,35-,36-,37-/m0/s1. The van der Waals surface area contributed by atoms with Crippen molar-refractivity contribution in [1.82, 2.24) is 10.2 Å². The smallest absolute Gasteiger partial charge is 0.311 e. The zero-order chi connectivity index (χ0) is 36.1. The Hall–Kier alpha value is -0.890. The Morgan fingerprint density at radius 1 is 0.938 bits per heavy atom. The molecule has 3 saturated heterocycles. The number of nitrogens with zero attached hydrogens (tertiary/aromatic N) is 1. The minimum atomic E-state index is -1.23. The van der Waals surface area contributed by atoms with Gasteiger partial charge in [-0.1, -0.05) is 27.7 Å². The third-order valence-electron chi connectivity index (χ3n) is 11.2. The van der Waals surface area contributed by atoms with Crippen LogP contribution in [0.4, 0.5) is 0 Å². The van der Waals surface area contributed by atoms with Gasteiger partial charge in [-0.2, -0.15) is 0 Å². The summed E-state index contributed by atoms with van der Waals surface area (Å²) >= 11 is 0. The Kier molecular flexibility index (Phi) is 15.2. The number of carbonyl (C=O) groups excluding carboxylic acids is 1. The van der Waals surface area contributed by atoms with E-state index >= 15 is 0 Å². The molecule has 3 N–H and O–H groups in total. The lowest BCUT2D eigenvalue weighted by Gasteiger charge is -2.46. The lowest BCUT2D eigenvalue weighted by Crippen LogP contribution is -2.56. The molecular weight excluding hydrogens is 616 g/mol. The van der Waals surface area contributed by atoms with Crippen LogP contribution in [0.5, 0.6) is 0 Å². The predicted octanol–water partition coefficient (Wildman–Crippen LogP) is 4.50. The minimum absolute atomic E-state index is 0.00545. The van der Waals surface area contributed by atoms with E-state index in [0.29, 0.717) is 25.7 Å². The fraction of sp³-hybridized carbons (Fsp3) is 0.973. The molecule has 0 bridgehead atoms. The molecule has 48 heavy (non-hydrogen) atoms. The molecule has 0 amide bonds. The number of aliphatic hydroxyl groups is 2. The lowest BCUT2D eigenvalue weighted by molar-refractivity contribution is -0.296. The molecule has 0 aliphatic carbocycles. The van der Waals surface area contributed by atoms with E-state index < -0.39 is 60.1 Å². The quantitative estimate of drug-likeness (QED) is 0.328. The Bertz CT molecular complexity index is 1000. The number of nitrogens with one attached hydrogen (secondary N) is 1. The van der Waals surface area contributed by atoms with Crippen molar-refractivity contribution in [3.63, 3.8) is 0 Å². The van der Waals surface area contributed by atoms with Crippen molar-refractivity contribution in [2.75, 3.05) is 27.7 Å². The average molecular weight is 687 g/mol. The van der Waals surface area contributed by atoms with Gasteiger partial charge in [0.25, 0.3) is 0 Å². The van der Waals surface area contributed by atoms with E-state index in [1.165, 1.54) is 0 Å². The maximum Gasteiger partial charge on any atom is 0.311 e. The summed E-state index contributed by atoms with van der Waals surface area (Å²) in [7, 11) is 5.63. The number of rotatable bonds is 7. The number of aliphatic hydroxyl groups excluding tert-OH is 1. The third kappa shape index (κ3) is 10.8. The second kappa shape index (κ2) is 17.6. The summed E-state index contributed by atoms with van der Waals surface area (Å²) in [6.45, 7) is 20.8. The van der Waals surface area contributed by atoms with E-state index in [0.717, 1.165) is 19.4 Å². The molecule has 282 valence electrons. The summed E-state index contributed by atoms with van der Waals surface area (Å²) in [4.78, 5) is 16.1. The maximum absolute atomic E-state index is 14.1. The van der Waals surface area contributed by atoms with E-state index in [1.54, 1.807) is 14.0 Å². The van der Waals surface area contributed by atoms with E-state index in [1.807, 2.05) is 46.7 Å². The summed E-state index contributed by atoms with van der Waals surface area (Å²) in [5, 5.41) is 26.6. The fourth-order valence-electron chi connectivity index (χ4n) is 8.40. The molecule has 0 unspecified atom stereocenters. The van der Waals surface area contributed by atoms with Gasteiger partial charge in [0, 0.05) is 38.0 Å². The Labute approximate surface area is 291 Å². The van der Waals surface area contributed by atoms with Crippen LogP contribution >= 0.6 is 0 Å². The number of hydrogen-bond acceptors (Lipinski definition) is 11. The van der Waals surface area contributed by atoms with Gasteiger partial charge in [0.05, 0.1) is 35.9 Å². The van der Waals surface area contributed by atoms with Crippen LogP contribution in [-0.2, 0) is 33.2 Å². The summed E-state index contributed by atoms with van der Waals surface area (Å²) in [6.07, 6.45) is -0.712. The highest BCUT2D eigenvalue weighted by atomic mass is 16.7. The number of cyclic esters (lactones) is 1. The zero-order valence-corrected chi connectivity index (χ0v) is 32.2. The molecule has 16 atom stereocenters. The molecule has 3 aliphatic heterocycles. The van der Waals surface area contributed by atoms with Crippen LogP contribution in [-0.4, -0.2) is 121 Å². The summed E-state index contributed by atoms with van der Waals surface area (Å²) in [5.74, 6) is -1.21. The first-order valence-corrected chi connectivity index (χ1v) is 18.5. The van der Waals surface area contributed by atoms with Gasteiger partial charge in [-0.05, 0) is 99.7 Å². The van der Waals surface area contributed by atoms with Crippen molar-refractivity contribution < 1.29 is 43.4 Å². The monoisotopic (exact) mass is 687 g/mol. The fourth-order valence-corrected chi connectivity index (χ4v) is 8.40. The van der Waals surface area contributed by atoms with Crippen LogP contribution < -0.4 is 5.32 Å². The van der Waals surface area contributed by atoms with Crippen LogP contribution in [0.3, 0.4) is 0 Å². The van der Waals surface area contributed by atoms with Gasteiger partial charge < -0.3 is 48.9 Å². The molecule has 11 heteroatoms. The number of esters is 1. The van der Waals surface area contributed by atoms with Crippen LogP contribution in [0.1, 0.15) is 108 Å². The number of hydrogen-bond donors (Lipinski definition) is 3. The molecule has 3 rings (SSSR count). The first-order valence-electron chi connectivity index (χ1n) is 18.5. The van der Waals surface area contributed by atoms with Crippen molar-refractivity contribution in [3.05, 3.63) is 0 Å². The van der Waals surface area contributed by atoms with E-state index in [9.17, 15) is 15.0 Å². The number of carbonyl (C=O) groups is 1. The molecular formula is C37H70N2O9. The molecule has 0 aromatic carbocycles. The predicted molar refractivity (Wildman–Crippen MR) is 185 cm³/mol. The molecule has 3 aliphatic rings. The molecule has 0 aromatic rings. The molecule has 0 saturated carbocycles. The highest BCUT2D eigenvalue weighted by Gasteiger charge is 2.47. The molecule has 0 aromatic heterocycles. The van der Waals surface area contributed by atoms with Crippen molar-refractivity contribution in [2.45, 2.75) is 180 Å². The molecule has 3 fully saturated rings. The summed E-state index contributed by atoms with van der Waals surface area (Å²) in [5.41, 5.74) is -1.67. The number of ether oxygens (including phenoxy) is 6. The van der Waals surface area contributed by atoms with Crippen LogP contribution in [0.2, 0.25) is 0 Å². The second-order valence-corrected chi connectivity index (χ2v) is 16.4. The Morgan fingerprint density at radius 2 is 1.60 bits per heavy atom. The van der Waals surface area contributed by atoms with Crippen LogP contribution in [0, 0.1) is 23.7 Å². The number of likely N-dealkylation sites (N-methyl/N-ethyl adjacent to an activating group) is 1. The average Bonchev–Trinajstić information content (AvgIpc) is 2.99. The van der Waals surface area contributed by atoms with Gasteiger partial charge in [-0.3, -0.25) is 4.79 Å². The molecule has 11 nitrogen and oxygen atoms in total. The Balaban J connectivity index is 2.06. The van der Waals surface area contributed by atoms with Crippen molar-refractivity contribution >= 4 is 5.97 Å². The highest BCUT2D eigenvalue weighted by molar-refractivity contribution is 5.73.